The number of hydrogen-bond donors (Lipinski definition) is 0. The highest BCUT2D eigenvalue weighted by Gasteiger charge is 2.25. The largest absolute Gasteiger partial charge is 0.450 e. The van der Waals surface area contributed by atoms with E-state index in [0.29, 0.717) is 12.5 Å². The highest BCUT2D eigenvalue weighted by Crippen LogP contribution is 2.32. The molecule has 1 saturated heterocycles. The molecule has 35 heavy (non-hydrogen) atoms. The summed E-state index contributed by atoms with van der Waals surface area (Å²) in [4.78, 5) is 23.0. The van der Waals surface area contributed by atoms with E-state index in [9.17, 15) is 9.18 Å². The van der Waals surface area contributed by atoms with Crippen molar-refractivity contribution in [1.82, 2.24) is 14.8 Å². The Morgan fingerprint density at radius 3 is 2.46 bits per heavy atom. The molecule has 1 fully saturated rings. The Kier molecular flexibility index (Phi) is 9.32. The van der Waals surface area contributed by atoms with E-state index in [-0.39, 0.29) is 11.9 Å². The van der Waals surface area contributed by atoms with Gasteiger partial charge in [-0.25, -0.2) is 14.2 Å². The van der Waals surface area contributed by atoms with Crippen molar-refractivity contribution in [3.8, 4) is 11.3 Å². The SMILES string of the molecule is CCOC(=O)N1CCC(C(C)=CN(C)C(=C(C)CC)N(C)c2nc(-c3ccc(F)cc3)cs2)CC1. The third-order valence-corrected chi connectivity index (χ3v) is 7.46. The van der Waals surface area contributed by atoms with Crippen molar-refractivity contribution in [1.29, 1.82) is 0 Å². The number of anilines is 1. The van der Waals surface area contributed by atoms with Gasteiger partial charge in [0.05, 0.1) is 12.3 Å². The number of rotatable bonds is 8. The third kappa shape index (κ3) is 6.63. The molecule has 6 nitrogen and oxygen atoms in total. The Morgan fingerprint density at radius 1 is 1.20 bits per heavy atom. The minimum absolute atomic E-state index is 0.210. The van der Waals surface area contributed by atoms with Crippen LogP contribution in [0, 0.1) is 11.7 Å². The molecule has 8 heteroatoms. The van der Waals surface area contributed by atoms with Crippen molar-refractivity contribution in [2.45, 2.75) is 47.0 Å². The fourth-order valence-electron chi connectivity index (χ4n) is 4.45. The topological polar surface area (TPSA) is 48.9 Å². The summed E-state index contributed by atoms with van der Waals surface area (Å²) in [6, 6.07) is 6.44. The molecule has 0 spiro atoms. The van der Waals surface area contributed by atoms with Gasteiger partial charge in [-0.05, 0) is 75.8 Å². The molecule has 2 heterocycles. The fraction of sp³-hybridized carbons (Fsp3) is 0.481. The number of likely N-dealkylation sites (tertiary alicyclic amines) is 1. The maximum atomic E-state index is 13.3. The quantitative estimate of drug-likeness (QED) is 0.402. The summed E-state index contributed by atoms with van der Waals surface area (Å²) in [5, 5.41) is 2.89. The molecule has 0 bridgehead atoms. The molecule has 0 aliphatic carbocycles. The molecule has 3 rings (SSSR count). The number of allylic oxidation sites excluding steroid dienone is 2. The van der Waals surface area contributed by atoms with Gasteiger partial charge < -0.3 is 19.4 Å². The number of carbonyl (C=O) groups is 1. The zero-order valence-corrected chi connectivity index (χ0v) is 22.5. The minimum atomic E-state index is -0.250. The van der Waals surface area contributed by atoms with Gasteiger partial charge in [0.25, 0.3) is 0 Å². The first-order valence-corrected chi connectivity index (χ1v) is 13.1. The standard InChI is InChI=1S/C27H37FN4O2S/c1-7-19(3)25(31(6)26-29-24(18-35-26)22-9-11-23(28)12-10-22)30(5)17-20(4)21-13-15-32(16-14-21)27(33)34-8-2/h9-12,17-18,21H,7-8,13-16H2,1-6H3. The molecule has 1 amide bonds. The van der Waals surface area contributed by atoms with Crippen LogP contribution in [-0.2, 0) is 4.74 Å². The van der Waals surface area contributed by atoms with Gasteiger partial charge in [-0.1, -0.05) is 12.5 Å². The first-order chi connectivity index (χ1) is 16.7. The average molecular weight is 501 g/mol. The third-order valence-electron chi connectivity index (χ3n) is 6.55. The molecule has 0 N–H and O–H groups in total. The van der Waals surface area contributed by atoms with E-state index in [1.165, 1.54) is 23.3 Å². The van der Waals surface area contributed by atoms with Gasteiger partial charge in [0.2, 0.25) is 0 Å². The number of ether oxygens (including phenoxy) is 1. The van der Waals surface area contributed by atoms with Crippen molar-refractivity contribution >= 4 is 22.6 Å². The van der Waals surface area contributed by atoms with Crippen LogP contribution in [0.4, 0.5) is 14.3 Å². The Bertz CT molecular complexity index is 1060. The number of piperidine rings is 1. The van der Waals surface area contributed by atoms with Crippen LogP contribution in [-0.4, -0.2) is 54.7 Å². The summed E-state index contributed by atoms with van der Waals surface area (Å²) in [7, 11) is 4.12. The molecule has 2 aromatic rings. The van der Waals surface area contributed by atoms with Gasteiger partial charge in [-0.2, -0.15) is 0 Å². The number of amides is 1. The van der Waals surface area contributed by atoms with Gasteiger partial charge in [0.1, 0.15) is 11.6 Å². The lowest BCUT2D eigenvalue weighted by Crippen LogP contribution is -2.39. The molecule has 0 unspecified atom stereocenters. The molecule has 1 aliphatic rings. The molecule has 0 radical (unpaired) electrons. The van der Waals surface area contributed by atoms with Gasteiger partial charge in [-0.15, -0.1) is 11.3 Å². The highest BCUT2D eigenvalue weighted by molar-refractivity contribution is 7.14. The average Bonchev–Trinajstić information content (AvgIpc) is 3.35. The van der Waals surface area contributed by atoms with Crippen molar-refractivity contribution < 1.29 is 13.9 Å². The number of nitrogens with zero attached hydrogens (tertiary/aromatic N) is 4. The maximum Gasteiger partial charge on any atom is 0.409 e. The molecule has 190 valence electrons. The van der Waals surface area contributed by atoms with E-state index in [2.05, 4.69) is 43.8 Å². The predicted molar refractivity (Wildman–Crippen MR) is 142 cm³/mol. The van der Waals surface area contributed by atoms with E-state index in [4.69, 9.17) is 9.72 Å². The number of benzene rings is 1. The van der Waals surface area contributed by atoms with Crippen LogP contribution in [0.2, 0.25) is 0 Å². The smallest absolute Gasteiger partial charge is 0.409 e. The molecule has 1 aliphatic heterocycles. The number of halogens is 1. The highest BCUT2D eigenvalue weighted by atomic mass is 32.1. The van der Waals surface area contributed by atoms with Crippen LogP contribution in [0.5, 0.6) is 0 Å². The molecule has 0 saturated carbocycles. The summed E-state index contributed by atoms with van der Waals surface area (Å²) in [6.45, 7) is 10.2. The van der Waals surface area contributed by atoms with E-state index >= 15 is 0 Å². The number of aromatic nitrogens is 1. The van der Waals surface area contributed by atoms with Crippen LogP contribution >= 0.6 is 11.3 Å². The second kappa shape index (κ2) is 12.2. The van der Waals surface area contributed by atoms with E-state index in [0.717, 1.165) is 54.6 Å². The molecular formula is C27H37FN4O2S. The van der Waals surface area contributed by atoms with E-state index in [1.54, 1.807) is 28.4 Å². The summed E-state index contributed by atoms with van der Waals surface area (Å²) >= 11 is 1.57. The van der Waals surface area contributed by atoms with Crippen molar-refractivity contribution in [2.24, 2.45) is 5.92 Å². The van der Waals surface area contributed by atoms with Gasteiger partial charge in [0, 0.05) is 44.3 Å². The molecule has 1 aromatic heterocycles. The lowest BCUT2D eigenvalue weighted by molar-refractivity contribution is 0.0944. The normalized spacial score (nSPS) is 15.6. The summed E-state index contributed by atoms with van der Waals surface area (Å²) < 4.78 is 18.5. The lowest BCUT2D eigenvalue weighted by atomic mass is 9.90. The van der Waals surface area contributed by atoms with Crippen LogP contribution in [0.25, 0.3) is 11.3 Å². The van der Waals surface area contributed by atoms with Gasteiger partial charge >= 0.3 is 6.09 Å². The van der Waals surface area contributed by atoms with Crippen LogP contribution < -0.4 is 4.90 Å². The minimum Gasteiger partial charge on any atom is -0.450 e. The van der Waals surface area contributed by atoms with Crippen LogP contribution in [0.1, 0.15) is 47.0 Å². The Labute approximate surface area is 212 Å². The Hall–Kier alpha value is -2.87. The lowest BCUT2D eigenvalue weighted by Gasteiger charge is -2.33. The van der Waals surface area contributed by atoms with Crippen LogP contribution in [0.15, 0.2) is 52.8 Å². The van der Waals surface area contributed by atoms with Gasteiger partial charge in [0.15, 0.2) is 5.13 Å². The zero-order chi connectivity index (χ0) is 25.5. The summed E-state index contributed by atoms with van der Waals surface area (Å²) in [6.07, 6.45) is 4.79. The first-order valence-electron chi connectivity index (χ1n) is 12.2. The molecular weight excluding hydrogens is 463 g/mol. The first kappa shape index (κ1) is 26.7. The Balaban J connectivity index is 1.74. The summed E-state index contributed by atoms with van der Waals surface area (Å²) in [5.41, 5.74) is 4.30. The van der Waals surface area contributed by atoms with E-state index in [1.807, 2.05) is 19.4 Å². The second-order valence-electron chi connectivity index (χ2n) is 8.98. The van der Waals surface area contributed by atoms with Crippen molar-refractivity contribution in [3.05, 3.63) is 58.6 Å². The fourth-order valence-corrected chi connectivity index (χ4v) is 5.25. The molecule has 1 aromatic carbocycles. The number of carbonyl (C=O) groups excluding carboxylic acids is 1. The number of hydrogen-bond acceptors (Lipinski definition) is 6. The van der Waals surface area contributed by atoms with E-state index < -0.39 is 0 Å². The number of thiazole rings is 1. The zero-order valence-electron chi connectivity index (χ0n) is 21.7. The Morgan fingerprint density at radius 2 is 1.86 bits per heavy atom. The maximum absolute atomic E-state index is 13.3. The predicted octanol–water partition coefficient (Wildman–Crippen LogP) is 6.73. The monoisotopic (exact) mass is 500 g/mol. The van der Waals surface area contributed by atoms with Crippen molar-refractivity contribution in [3.63, 3.8) is 0 Å². The van der Waals surface area contributed by atoms with Gasteiger partial charge in [-0.3, -0.25) is 0 Å². The second-order valence-corrected chi connectivity index (χ2v) is 9.82. The molecule has 0 atom stereocenters. The van der Waals surface area contributed by atoms with Crippen LogP contribution in [0.3, 0.4) is 0 Å². The summed E-state index contributed by atoms with van der Waals surface area (Å²) in [5.74, 6) is 1.28. The van der Waals surface area contributed by atoms with Crippen molar-refractivity contribution in [2.75, 3.05) is 38.7 Å².